The third-order valence-corrected chi connectivity index (χ3v) is 2.05. The van der Waals surface area contributed by atoms with E-state index in [1.807, 2.05) is 13.8 Å². The number of nitrogens with one attached hydrogen (secondary N) is 1. The molecule has 72 valence electrons. The first-order chi connectivity index (χ1) is 6.70. The molecule has 0 aromatic carbocycles. The van der Waals surface area contributed by atoms with E-state index in [4.69, 9.17) is 0 Å². The number of hydrogen-bond donors (Lipinski definition) is 1. The van der Waals surface area contributed by atoms with Gasteiger partial charge in [-0.05, 0) is 5.92 Å². The summed E-state index contributed by atoms with van der Waals surface area (Å²) < 4.78 is 0. The summed E-state index contributed by atoms with van der Waals surface area (Å²) in [5.74, 6) is 0.176. The lowest BCUT2D eigenvalue weighted by Crippen LogP contribution is -2.12. The molecule has 0 atom stereocenters. The summed E-state index contributed by atoms with van der Waals surface area (Å²) in [7, 11) is 0. The number of fused-ring (bicyclic) bond motifs is 1. The highest BCUT2D eigenvalue weighted by Gasteiger charge is 2.10. The van der Waals surface area contributed by atoms with Crippen LogP contribution in [0.15, 0.2) is 17.2 Å². The summed E-state index contributed by atoms with van der Waals surface area (Å²) >= 11 is 0. The quantitative estimate of drug-likeness (QED) is 0.723. The zero-order valence-electron chi connectivity index (χ0n) is 7.98. The third-order valence-electron chi connectivity index (χ3n) is 2.05. The molecule has 2 rings (SSSR count). The maximum absolute atomic E-state index is 11.5. The second kappa shape index (κ2) is 3.17. The molecule has 2 aromatic rings. The molecule has 0 saturated heterocycles. The summed E-state index contributed by atoms with van der Waals surface area (Å²) in [4.78, 5) is 11.5. The first-order valence-corrected chi connectivity index (χ1v) is 4.39. The van der Waals surface area contributed by atoms with Gasteiger partial charge in [0, 0.05) is 5.39 Å². The number of aromatic amines is 1. The minimum absolute atomic E-state index is 0.176. The van der Waals surface area contributed by atoms with Crippen LogP contribution in [-0.4, -0.2) is 20.4 Å². The van der Waals surface area contributed by atoms with E-state index in [2.05, 4.69) is 20.4 Å². The van der Waals surface area contributed by atoms with Crippen LogP contribution < -0.4 is 5.56 Å². The molecule has 0 aliphatic carbocycles. The molecule has 2 heterocycles. The molecule has 0 unspecified atom stereocenters. The zero-order chi connectivity index (χ0) is 10.1. The molecule has 0 amide bonds. The number of H-pyrrole nitrogens is 1. The Bertz CT molecular complexity index is 512. The lowest BCUT2D eigenvalue weighted by atomic mass is 10.1. The SMILES string of the molecule is CC(C)c1nncc2cn[nH]c(=O)c12. The van der Waals surface area contributed by atoms with Crippen molar-refractivity contribution in [2.75, 3.05) is 0 Å². The van der Waals surface area contributed by atoms with Gasteiger partial charge >= 0.3 is 0 Å². The van der Waals surface area contributed by atoms with Gasteiger partial charge in [-0.1, -0.05) is 13.8 Å². The molecule has 0 radical (unpaired) electrons. The molecule has 0 saturated carbocycles. The third kappa shape index (κ3) is 1.26. The highest BCUT2D eigenvalue weighted by atomic mass is 16.1. The van der Waals surface area contributed by atoms with Crippen molar-refractivity contribution >= 4 is 10.8 Å². The van der Waals surface area contributed by atoms with Crippen LogP contribution in [0.3, 0.4) is 0 Å². The van der Waals surface area contributed by atoms with E-state index in [9.17, 15) is 4.79 Å². The Morgan fingerprint density at radius 2 is 2.14 bits per heavy atom. The van der Waals surface area contributed by atoms with Gasteiger partial charge in [0.25, 0.3) is 5.56 Å². The Hall–Kier alpha value is -1.78. The Morgan fingerprint density at radius 1 is 1.36 bits per heavy atom. The van der Waals surface area contributed by atoms with Crippen molar-refractivity contribution in [2.45, 2.75) is 19.8 Å². The fourth-order valence-corrected chi connectivity index (χ4v) is 1.38. The van der Waals surface area contributed by atoms with Crippen LogP contribution in [0.1, 0.15) is 25.5 Å². The molecule has 0 aliphatic rings. The highest BCUT2D eigenvalue weighted by Crippen LogP contribution is 2.17. The molecule has 1 N–H and O–H groups in total. The van der Waals surface area contributed by atoms with Gasteiger partial charge in [-0.3, -0.25) is 4.79 Å². The van der Waals surface area contributed by atoms with Crippen molar-refractivity contribution in [1.29, 1.82) is 0 Å². The maximum Gasteiger partial charge on any atom is 0.274 e. The van der Waals surface area contributed by atoms with Gasteiger partial charge in [0.1, 0.15) is 0 Å². The largest absolute Gasteiger partial charge is 0.274 e. The fourth-order valence-electron chi connectivity index (χ4n) is 1.38. The molecular weight excluding hydrogens is 180 g/mol. The van der Waals surface area contributed by atoms with Crippen LogP contribution in [0.25, 0.3) is 10.8 Å². The highest BCUT2D eigenvalue weighted by molar-refractivity contribution is 5.81. The summed E-state index contributed by atoms with van der Waals surface area (Å²) in [6, 6.07) is 0. The second-order valence-corrected chi connectivity index (χ2v) is 3.41. The molecule has 14 heavy (non-hydrogen) atoms. The van der Waals surface area contributed by atoms with Crippen LogP contribution in [0, 0.1) is 0 Å². The van der Waals surface area contributed by atoms with Crippen molar-refractivity contribution in [3.8, 4) is 0 Å². The van der Waals surface area contributed by atoms with E-state index in [-0.39, 0.29) is 11.5 Å². The molecule has 0 spiro atoms. The summed E-state index contributed by atoms with van der Waals surface area (Å²) in [6.07, 6.45) is 3.13. The number of hydrogen-bond acceptors (Lipinski definition) is 4. The van der Waals surface area contributed by atoms with Crippen molar-refractivity contribution in [3.05, 3.63) is 28.4 Å². The Balaban J connectivity index is 2.91. The predicted octanol–water partition coefficient (Wildman–Crippen LogP) is 0.837. The van der Waals surface area contributed by atoms with Gasteiger partial charge in [-0.15, -0.1) is 0 Å². The summed E-state index contributed by atoms with van der Waals surface area (Å²) in [6.45, 7) is 3.95. The molecule has 0 aliphatic heterocycles. The molecular formula is C9H10N4O. The van der Waals surface area contributed by atoms with Crippen molar-refractivity contribution in [2.24, 2.45) is 0 Å². The maximum atomic E-state index is 11.5. The lowest BCUT2D eigenvalue weighted by molar-refractivity contribution is 0.795. The van der Waals surface area contributed by atoms with E-state index < -0.39 is 0 Å². The first-order valence-electron chi connectivity index (χ1n) is 4.39. The zero-order valence-corrected chi connectivity index (χ0v) is 7.98. The van der Waals surface area contributed by atoms with Crippen molar-refractivity contribution in [3.63, 3.8) is 0 Å². The molecule has 5 heteroatoms. The van der Waals surface area contributed by atoms with E-state index >= 15 is 0 Å². The molecule has 5 nitrogen and oxygen atoms in total. The van der Waals surface area contributed by atoms with Crippen LogP contribution >= 0.6 is 0 Å². The van der Waals surface area contributed by atoms with Gasteiger partial charge in [0.2, 0.25) is 0 Å². The number of rotatable bonds is 1. The Labute approximate surface area is 80.2 Å². The van der Waals surface area contributed by atoms with E-state index in [1.54, 1.807) is 12.4 Å². The number of aromatic nitrogens is 4. The monoisotopic (exact) mass is 190 g/mol. The van der Waals surface area contributed by atoms with Crippen LogP contribution in [0.4, 0.5) is 0 Å². The minimum Gasteiger partial charge on any atom is -0.267 e. The van der Waals surface area contributed by atoms with Gasteiger partial charge in [0.05, 0.1) is 23.5 Å². The van der Waals surface area contributed by atoms with Gasteiger partial charge in [-0.25, -0.2) is 5.10 Å². The van der Waals surface area contributed by atoms with Crippen LogP contribution in [-0.2, 0) is 0 Å². The smallest absolute Gasteiger partial charge is 0.267 e. The normalized spacial score (nSPS) is 11.1. The Morgan fingerprint density at radius 3 is 2.86 bits per heavy atom. The molecule has 0 bridgehead atoms. The summed E-state index contributed by atoms with van der Waals surface area (Å²) in [5, 5.41) is 15.2. The van der Waals surface area contributed by atoms with E-state index in [1.165, 1.54) is 0 Å². The standard InChI is InChI=1S/C9H10N4O/c1-5(2)8-7-6(3-10-12-8)4-11-13-9(7)14/h3-5H,1-2H3,(H,13,14). The summed E-state index contributed by atoms with van der Waals surface area (Å²) in [5.41, 5.74) is 0.507. The average molecular weight is 190 g/mol. The van der Waals surface area contributed by atoms with Crippen LogP contribution in [0.2, 0.25) is 0 Å². The van der Waals surface area contributed by atoms with Gasteiger partial charge in [0.15, 0.2) is 0 Å². The predicted molar refractivity (Wildman–Crippen MR) is 52.0 cm³/mol. The first kappa shape index (κ1) is 8.80. The average Bonchev–Trinajstić information content (AvgIpc) is 2.17. The topological polar surface area (TPSA) is 71.5 Å². The van der Waals surface area contributed by atoms with Crippen molar-refractivity contribution in [1.82, 2.24) is 20.4 Å². The van der Waals surface area contributed by atoms with Crippen molar-refractivity contribution < 1.29 is 0 Å². The van der Waals surface area contributed by atoms with E-state index in [0.717, 1.165) is 5.39 Å². The fraction of sp³-hybridized carbons (Fsp3) is 0.333. The number of nitrogens with zero attached hydrogens (tertiary/aromatic N) is 3. The Kier molecular flexibility index (Phi) is 1.99. The van der Waals surface area contributed by atoms with Crippen LogP contribution in [0.5, 0.6) is 0 Å². The van der Waals surface area contributed by atoms with Gasteiger partial charge in [-0.2, -0.15) is 15.3 Å². The lowest BCUT2D eigenvalue weighted by Gasteiger charge is -2.05. The molecule has 2 aromatic heterocycles. The minimum atomic E-state index is -0.207. The second-order valence-electron chi connectivity index (χ2n) is 3.41. The van der Waals surface area contributed by atoms with Gasteiger partial charge < -0.3 is 0 Å². The van der Waals surface area contributed by atoms with E-state index in [0.29, 0.717) is 11.1 Å². The molecule has 0 fully saturated rings.